The molecule has 5 nitrogen and oxygen atoms in total. The van der Waals surface area contributed by atoms with Gasteiger partial charge in [-0.1, -0.05) is 0 Å². The number of aromatic nitrogens is 1. The van der Waals surface area contributed by atoms with E-state index in [1.54, 1.807) is 12.1 Å². The van der Waals surface area contributed by atoms with E-state index in [9.17, 15) is 9.59 Å². The van der Waals surface area contributed by atoms with Gasteiger partial charge in [0.05, 0.1) is 5.52 Å². The Bertz CT molecular complexity index is 717. The van der Waals surface area contributed by atoms with Crippen LogP contribution in [0.3, 0.4) is 0 Å². The molecular formula is C14H13NO4. The summed E-state index contributed by atoms with van der Waals surface area (Å²) in [6.07, 6.45) is 0.828. The third kappa shape index (κ3) is 2.19. The molecule has 98 valence electrons. The Morgan fingerprint density at radius 3 is 2.74 bits per heavy atom. The molecule has 1 aliphatic rings. The van der Waals surface area contributed by atoms with E-state index >= 15 is 0 Å². The van der Waals surface area contributed by atoms with Crippen molar-refractivity contribution >= 4 is 16.7 Å². The lowest BCUT2D eigenvalue weighted by Crippen LogP contribution is -2.13. The Balaban J connectivity index is 2.06. The van der Waals surface area contributed by atoms with Gasteiger partial charge in [0, 0.05) is 23.4 Å². The van der Waals surface area contributed by atoms with Gasteiger partial charge in [0.1, 0.15) is 5.78 Å². The molecule has 19 heavy (non-hydrogen) atoms. The van der Waals surface area contributed by atoms with Crippen LogP contribution in [0.25, 0.3) is 10.9 Å². The van der Waals surface area contributed by atoms with Crippen LogP contribution in [0.2, 0.25) is 0 Å². The minimum Gasteiger partial charge on any atom is -0.454 e. The van der Waals surface area contributed by atoms with Crippen molar-refractivity contribution in [2.45, 2.75) is 19.8 Å². The number of hydrogen-bond acceptors (Lipinski definition) is 4. The first-order valence-corrected chi connectivity index (χ1v) is 6.08. The van der Waals surface area contributed by atoms with Gasteiger partial charge >= 0.3 is 0 Å². The van der Waals surface area contributed by atoms with E-state index in [1.807, 2.05) is 6.07 Å². The molecule has 0 fully saturated rings. The molecule has 0 radical (unpaired) electrons. The maximum atomic E-state index is 11.9. The van der Waals surface area contributed by atoms with E-state index in [1.165, 1.54) is 6.92 Å². The molecule has 0 spiro atoms. The summed E-state index contributed by atoms with van der Waals surface area (Å²) < 4.78 is 10.6. The number of ether oxygens (including phenoxy) is 2. The van der Waals surface area contributed by atoms with Crippen LogP contribution in [0.5, 0.6) is 11.5 Å². The smallest absolute Gasteiger partial charge is 0.251 e. The second kappa shape index (κ2) is 4.42. The van der Waals surface area contributed by atoms with Gasteiger partial charge in [0.2, 0.25) is 6.79 Å². The quantitative estimate of drug-likeness (QED) is 0.912. The molecule has 0 atom stereocenters. The zero-order chi connectivity index (χ0) is 13.4. The topological polar surface area (TPSA) is 68.4 Å². The highest BCUT2D eigenvalue weighted by atomic mass is 16.7. The second-order valence-electron chi connectivity index (χ2n) is 4.62. The van der Waals surface area contributed by atoms with Crippen molar-refractivity contribution in [3.63, 3.8) is 0 Å². The Kier molecular flexibility index (Phi) is 2.74. The van der Waals surface area contributed by atoms with Crippen LogP contribution in [0.15, 0.2) is 23.0 Å². The molecule has 1 N–H and O–H groups in total. The van der Waals surface area contributed by atoms with E-state index in [-0.39, 0.29) is 18.1 Å². The molecule has 2 aromatic rings. The highest BCUT2D eigenvalue weighted by Crippen LogP contribution is 2.35. The lowest BCUT2D eigenvalue weighted by molar-refractivity contribution is -0.116. The molecule has 2 heterocycles. The van der Waals surface area contributed by atoms with Crippen molar-refractivity contribution < 1.29 is 14.3 Å². The summed E-state index contributed by atoms with van der Waals surface area (Å²) in [5.41, 5.74) is 1.16. The van der Waals surface area contributed by atoms with Crippen LogP contribution in [-0.2, 0) is 11.2 Å². The van der Waals surface area contributed by atoms with Gasteiger partial charge in [0.25, 0.3) is 5.56 Å². The van der Waals surface area contributed by atoms with Crippen LogP contribution < -0.4 is 15.0 Å². The Morgan fingerprint density at radius 2 is 2.00 bits per heavy atom. The minimum atomic E-state index is -0.160. The number of ketones is 1. The number of pyridine rings is 1. The lowest BCUT2D eigenvalue weighted by atomic mass is 10.1. The average molecular weight is 259 g/mol. The first-order valence-electron chi connectivity index (χ1n) is 6.08. The number of aryl methyl sites for hydroxylation is 1. The molecule has 0 aliphatic carbocycles. The fourth-order valence-electron chi connectivity index (χ4n) is 2.14. The molecule has 5 heteroatoms. The van der Waals surface area contributed by atoms with Crippen molar-refractivity contribution in [3.05, 3.63) is 34.1 Å². The zero-order valence-electron chi connectivity index (χ0n) is 10.5. The predicted molar refractivity (Wildman–Crippen MR) is 69.7 cm³/mol. The number of benzene rings is 1. The van der Waals surface area contributed by atoms with Gasteiger partial charge in [-0.2, -0.15) is 0 Å². The van der Waals surface area contributed by atoms with Gasteiger partial charge in [-0.3, -0.25) is 4.79 Å². The van der Waals surface area contributed by atoms with Crippen molar-refractivity contribution in [3.8, 4) is 11.5 Å². The molecule has 0 unspecified atom stereocenters. The Labute approximate surface area is 109 Å². The number of hydrogen-bond donors (Lipinski definition) is 1. The summed E-state index contributed by atoms with van der Waals surface area (Å²) in [6, 6.07) is 5.40. The molecule has 3 rings (SSSR count). The molecule has 1 aliphatic heterocycles. The number of carbonyl (C=O) groups excluding carboxylic acids is 1. The fraction of sp³-hybridized carbons (Fsp3) is 0.286. The fourth-order valence-corrected chi connectivity index (χ4v) is 2.14. The minimum absolute atomic E-state index is 0.0742. The van der Waals surface area contributed by atoms with E-state index in [4.69, 9.17) is 9.47 Å². The van der Waals surface area contributed by atoms with Crippen molar-refractivity contribution in [1.29, 1.82) is 0 Å². The largest absolute Gasteiger partial charge is 0.454 e. The van der Waals surface area contributed by atoms with Gasteiger partial charge in [-0.05, 0) is 25.5 Å². The number of rotatable bonds is 3. The van der Waals surface area contributed by atoms with Gasteiger partial charge in [-0.25, -0.2) is 0 Å². The van der Waals surface area contributed by atoms with E-state index in [2.05, 4.69) is 4.98 Å². The number of nitrogens with one attached hydrogen (secondary N) is 1. The van der Waals surface area contributed by atoms with Crippen LogP contribution in [0.1, 0.15) is 18.9 Å². The van der Waals surface area contributed by atoms with Crippen LogP contribution in [-0.4, -0.2) is 17.6 Å². The maximum Gasteiger partial charge on any atom is 0.251 e. The molecule has 1 aromatic heterocycles. The summed E-state index contributed by atoms with van der Waals surface area (Å²) >= 11 is 0. The highest BCUT2D eigenvalue weighted by molar-refractivity contribution is 5.83. The maximum absolute atomic E-state index is 11.9. The Hall–Kier alpha value is -2.30. The summed E-state index contributed by atoms with van der Waals surface area (Å²) in [6.45, 7) is 1.72. The van der Waals surface area contributed by atoms with Gasteiger partial charge in [0.15, 0.2) is 11.5 Å². The average Bonchev–Trinajstić information content (AvgIpc) is 2.80. The lowest BCUT2D eigenvalue weighted by Gasteiger charge is -2.04. The molecule has 0 saturated heterocycles. The van der Waals surface area contributed by atoms with Gasteiger partial charge < -0.3 is 19.3 Å². The highest BCUT2D eigenvalue weighted by Gasteiger charge is 2.15. The molecular weight excluding hydrogens is 246 g/mol. The number of carbonyl (C=O) groups is 1. The summed E-state index contributed by atoms with van der Waals surface area (Å²) in [5, 5.41) is 0.877. The van der Waals surface area contributed by atoms with E-state index in [0.29, 0.717) is 35.4 Å². The van der Waals surface area contributed by atoms with E-state index in [0.717, 1.165) is 5.39 Å². The Morgan fingerprint density at radius 1 is 1.26 bits per heavy atom. The first-order chi connectivity index (χ1) is 9.13. The standard InChI is InChI=1S/C14H13NO4/c1-8(16)2-3-9-4-10-5-12-13(19-7-18-12)6-11(10)15-14(9)17/h4-6H,2-3,7H2,1H3,(H,15,17). The predicted octanol–water partition coefficient (Wildman–Crippen LogP) is 1.78. The van der Waals surface area contributed by atoms with Crippen molar-refractivity contribution in [1.82, 2.24) is 4.98 Å². The third-order valence-electron chi connectivity index (χ3n) is 3.16. The molecule has 0 saturated carbocycles. The number of aromatic amines is 1. The SMILES string of the molecule is CC(=O)CCc1cc2cc3c(cc2[nH]c1=O)OCO3. The molecule has 0 bridgehead atoms. The number of Topliss-reactive ketones (excluding diaryl/α,β-unsaturated/α-hetero) is 1. The monoisotopic (exact) mass is 259 g/mol. The normalized spacial score (nSPS) is 12.9. The van der Waals surface area contributed by atoms with Crippen LogP contribution in [0.4, 0.5) is 0 Å². The number of H-pyrrole nitrogens is 1. The summed E-state index contributed by atoms with van der Waals surface area (Å²) in [4.78, 5) is 25.7. The third-order valence-corrected chi connectivity index (χ3v) is 3.16. The molecule has 1 aromatic carbocycles. The van der Waals surface area contributed by atoms with Crippen molar-refractivity contribution in [2.75, 3.05) is 6.79 Å². The first kappa shape index (κ1) is 11.8. The van der Waals surface area contributed by atoms with Crippen LogP contribution in [0, 0.1) is 0 Å². The van der Waals surface area contributed by atoms with Crippen molar-refractivity contribution in [2.24, 2.45) is 0 Å². The zero-order valence-corrected chi connectivity index (χ0v) is 10.5. The molecule has 0 amide bonds. The summed E-state index contributed by atoms with van der Waals surface area (Å²) in [5.74, 6) is 1.39. The second-order valence-corrected chi connectivity index (χ2v) is 4.62. The number of fused-ring (bicyclic) bond motifs is 2. The summed E-state index contributed by atoms with van der Waals surface area (Å²) in [7, 11) is 0. The van der Waals surface area contributed by atoms with Crippen LogP contribution >= 0.6 is 0 Å². The van der Waals surface area contributed by atoms with Gasteiger partial charge in [-0.15, -0.1) is 0 Å². The van der Waals surface area contributed by atoms with E-state index < -0.39 is 0 Å².